The van der Waals surface area contributed by atoms with Crippen LogP contribution < -0.4 is 0 Å². The number of furan rings is 1. The first-order chi connectivity index (χ1) is 14.6. The van der Waals surface area contributed by atoms with Crippen molar-refractivity contribution in [3.05, 3.63) is 35.7 Å². The number of aryl methyl sites for hydroxylation is 2. The van der Waals surface area contributed by atoms with E-state index in [0.717, 1.165) is 11.1 Å². The Balaban J connectivity index is 1.60. The third kappa shape index (κ3) is 4.12. The third-order valence-corrected chi connectivity index (χ3v) is 5.19. The molecule has 1 aliphatic heterocycles. The lowest BCUT2D eigenvalue weighted by Gasteiger charge is -2.35. The smallest absolute Gasteiger partial charge is 0.410 e. The number of carbonyl (C=O) groups is 2. The highest BCUT2D eigenvalue weighted by Gasteiger charge is 2.30. The van der Waals surface area contributed by atoms with Gasteiger partial charge in [0.15, 0.2) is 11.4 Å². The minimum atomic E-state index is -0.549. The predicted molar refractivity (Wildman–Crippen MR) is 115 cm³/mol. The second kappa shape index (κ2) is 7.72. The molecule has 164 valence electrons. The lowest BCUT2D eigenvalue weighted by atomic mass is 10.1. The lowest BCUT2D eigenvalue weighted by Crippen LogP contribution is -2.51. The van der Waals surface area contributed by atoms with Crippen LogP contribution in [0.1, 0.15) is 36.8 Å². The zero-order valence-corrected chi connectivity index (χ0v) is 18.5. The molecule has 3 aromatic heterocycles. The van der Waals surface area contributed by atoms with E-state index >= 15 is 0 Å². The van der Waals surface area contributed by atoms with Gasteiger partial charge in [-0.2, -0.15) is 5.10 Å². The molecule has 3 aromatic rings. The fraction of sp³-hybridized carbons (Fsp3) is 0.455. The Morgan fingerprint density at radius 1 is 1.13 bits per heavy atom. The molecule has 1 aliphatic rings. The van der Waals surface area contributed by atoms with Crippen LogP contribution >= 0.6 is 0 Å². The number of carbonyl (C=O) groups excluding carboxylic acids is 2. The molecule has 9 nitrogen and oxygen atoms in total. The molecule has 0 spiro atoms. The summed E-state index contributed by atoms with van der Waals surface area (Å²) in [7, 11) is 1.81. The van der Waals surface area contributed by atoms with Gasteiger partial charge in [-0.3, -0.25) is 9.48 Å². The van der Waals surface area contributed by atoms with Crippen LogP contribution in [0.2, 0.25) is 0 Å². The standard InChI is InChI=1S/C22H27N5O4/c1-14-18-15(13-16(17-7-6-12-30-17)23-19(18)25(5)24-14)20(28)26-8-10-27(11-9-26)21(29)31-22(2,3)4/h6-7,12-13H,8-11H2,1-5H3. The van der Waals surface area contributed by atoms with Crippen LogP contribution in [-0.4, -0.2) is 68.3 Å². The minimum Gasteiger partial charge on any atom is -0.463 e. The van der Waals surface area contributed by atoms with Gasteiger partial charge in [-0.1, -0.05) is 0 Å². The lowest BCUT2D eigenvalue weighted by molar-refractivity contribution is 0.0141. The summed E-state index contributed by atoms with van der Waals surface area (Å²) in [6, 6.07) is 5.36. The Labute approximate surface area is 180 Å². The van der Waals surface area contributed by atoms with Crippen LogP contribution in [0.5, 0.6) is 0 Å². The number of piperazine rings is 1. The van der Waals surface area contributed by atoms with Crippen LogP contribution in [0.4, 0.5) is 4.79 Å². The maximum absolute atomic E-state index is 13.5. The van der Waals surface area contributed by atoms with E-state index in [-0.39, 0.29) is 12.0 Å². The summed E-state index contributed by atoms with van der Waals surface area (Å²) >= 11 is 0. The number of fused-ring (bicyclic) bond motifs is 1. The van der Waals surface area contributed by atoms with Crippen molar-refractivity contribution in [2.45, 2.75) is 33.3 Å². The molecule has 0 unspecified atom stereocenters. The van der Waals surface area contributed by atoms with Gasteiger partial charge in [0.05, 0.1) is 22.9 Å². The Morgan fingerprint density at radius 2 is 1.81 bits per heavy atom. The van der Waals surface area contributed by atoms with Crippen molar-refractivity contribution in [3.63, 3.8) is 0 Å². The molecule has 31 heavy (non-hydrogen) atoms. The van der Waals surface area contributed by atoms with E-state index in [1.807, 2.05) is 40.8 Å². The van der Waals surface area contributed by atoms with Crippen molar-refractivity contribution in [2.24, 2.45) is 7.05 Å². The Kier molecular flexibility index (Phi) is 5.20. The highest BCUT2D eigenvalue weighted by molar-refractivity contribution is 6.07. The average Bonchev–Trinajstić information content (AvgIpc) is 3.34. The van der Waals surface area contributed by atoms with Gasteiger partial charge in [0.2, 0.25) is 0 Å². The first-order valence-corrected chi connectivity index (χ1v) is 10.3. The highest BCUT2D eigenvalue weighted by atomic mass is 16.6. The highest BCUT2D eigenvalue weighted by Crippen LogP contribution is 2.28. The molecule has 1 fully saturated rings. The molecule has 1 saturated heterocycles. The van der Waals surface area contributed by atoms with Crippen molar-refractivity contribution in [1.29, 1.82) is 0 Å². The topological polar surface area (TPSA) is 93.7 Å². The van der Waals surface area contributed by atoms with E-state index in [0.29, 0.717) is 48.8 Å². The number of nitrogens with zero attached hydrogens (tertiary/aromatic N) is 5. The number of ether oxygens (including phenoxy) is 1. The average molecular weight is 425 g/mol. The molecule has 0 aliphatic carbocycles. The molecule has 4 rings (SSSR count). The zero-order chi connectivity index (χ0) is 22.3. The fourth-order valence-corrected chi connectivity index (χ4v) is 3.75. The van der Waals surface area contributed by atoms with Crippen LogP contribution in [0.15, 0.2) is 28.9 Å². The number of hydrogen-bond donors (Lipinski definition) is 0. The molecule has 9 heteroatoms. The summed E-state index contributed by atoms with van der Waals surface area (Å²) in [5.41, 5.74) is 1.94. The molecule has 4 heterocycles. The van der Waals surface area contributed by atoms with Gasteiger partial charge >= 0.3 is 6.09 Å². The molecule has 0 bridgehead atoms. The SMILES string of the molecule is Cc1nn(C)c2nc(-c3ccco3)cc(C(=O)N3CCN(C(=O)OC(C)(C)C)CC3)c12. The van der Waals surface area contributed by atoms with Gasteiger partial charge in [0.25, 0.3) is 5.91 Å². The van der Waals surface area contributed by atoms with Crippen molar-refractivity contribution >= 4 is 23.0 Å². The van der Waals surface area contributed by atoms with Gasteiger partial charge in [0, 0.05) is 33.2 Å². The van der Waals surface area contributed by atoms with Crippen LogP contribution in [0, 0.1) is 6.92 Å². The molecule has 0 saturated carbocycles. The molecule has 0 atom stereocenters. The Bertz CT molecular complexity index is 1120. The van der Waals surface area contributed by atoms with Gasteiger partial charge in [-0.15, -0.1) is 0 Å². The Hall–Kier alpha value is -3.36. The summed E-state index contributed by atoms with van der Waals surface area (Å²) in [5, 5.41) is 5.19. The molecule has 0 radical (unpaired) electrons. The van der Waals surface area contributed by atoms with Crippen molar-refractivity contribution in [2.75, 3.05) is 26.2 Å². The number of pyridine rings is 1. The third-order valence-electron chi connectivity index (χ3n) is 5.19. The minimum absolute atomic E-state index is 0.111. The van der Waals surface area contributed by atoms with E-state index in [1.54, 1.807) is 32.9 Å². The summed E-state index contributed by atoms with van der Waals surface area (Å²) in [5.74, 6) is 0.477. The second-order valence-corrected chi connectivity index (χ2v) is 8.70. The van der Waals surface area contributed by atoms with Gasteiger partial charge in [-0.25, -0.2) is 9.78 Å². The Morgan fingerprint density at radius 3 is 2.42 bits per heavy atom. The first kappa shape index (κ1) is 20.9. The van der Waals surface area contributed by atoms with Crippen molar-refractivity contribution in [1.82, 2.24) is 24.6 Å². The quantitative estimate of drug-likeness (QED) is 0.626. The number of rotatable bonds is 2. The first-order valence-electron chi connectivity index (χ1n) is 10.3. The molecule has 0 N–H and O–H groups in total. The molecule has 2 amide bonds. The van der Waals surface area contributed by atoms with E-state index in [9.17, 15) is 9.59 Å². The van der Waals surface area contributed by atoms with E-state index in [1.165, 1.54) is 0 Å². The van der Waals surface area contributed by atoms with E-state index in [4.69, 9.17) is 9.15 Å². The maximum Gasteiger partial charge on any atom is 0.410 e. The number of aromatic nitrogens is 3. The fourth-order valence-electron chi connectivity index (χ4n) is 3.75. The summed E-state index contributed by atoms with van der Waals surface area (Å²) < 4.78 is 12.6. The second-order valence-electron chi connectivity index (χ2n) is 8.70. The molecule has 0 aromatic carbocycles. The van der Waals surface area contributed by atoms with Gasteiger partial charge in [0.1, 0.15) is 11.3 Å². The summed E-state index contributed by atoms with van der Waals surface area (Å²) in [6.07, 6.45) is 1.22. The summed E-state index contributed by atoms with van der Waals surface area (Å²) in [4.78, 5) is 33.9. The molecular weight excluding hydrogens is 398 g/mol. The van der Waals surface area contributed by atoms with E-state index < -0.39 is 5.60 Å². The van der Waals surface area contributed by atoms with Crippen molar-refractivity contribution < 1.29 is 18.7 Å². The monoisotopic (exact) mass is 425 g/mol. The molecular formula is C22H27N5O4. The largest absolute Gasteiger partial charge is 0.463 e. The summed E-state index contributed by atoms with van der Waals surface area (Å²) in [6.45, 7) is 9.09. The van der Waals surface area contributed by atoms with Crippen LogP contribution in [-0.2, 0) is 11.8 Å². The number of amides is 2. The van der Waals surface area contributed by atoms with Crippen molar-refractivity contribution in [3.8, 4) is 11.5 Å². The van der Waals surface area contributed by atoms with Crippen LogP contribution in [0.3, 0.4) is 0 Å². The predicted octanol–water partition coefficient (Wildman–Crippen LogP) is 3.23. The number of hydrogen-bond acceptors (Lipinski definition) is 6. The van der Waals surface area contributed by atoms with E-state index in [2.05, 4.69) is 10.1 Å². The zero-order valence-electron chi connectivity index (χ0n) is 18.5. The van der Waals surface area contributed by atoms with Crippen LogP contribution in [0.25, 0.3) is 22.5 Å². The maximum atomic E-state index is 13.5. The van der Waals surface area contributed by atoms with Gasteiger partial charge < -0.3 is 19.0 Å². The van der Waals surface area contributed by atoms with Gasteiger partial charge in [-0.05, 0) is 45.9 Å². The normalized spacial score (nSPS) is 14.9.